The van der Waals surface area contributed by atoms with Crippen molar-refractivity contribution in [3.63, 3.8) is 0 Å². The van der Waals surface area contributed by atoms with Gasteiger partial charge in [-0.25, -0.2) is 4.79 Å². The van der Waals surface area contributed by atoms with Gasteiger partial charge in [-0.2, -0.15) is 0 Å². The number of benzene rings is 3. The van der Waals surface area contributed by atoms with Crippen LogP contribution in [0.2, 0.25) is 0 Å². The van der Waals surface area contributed by atoms with Gasteiger partial charge in [0.05, 0.1) is 13.2 Å². The molecule has 0 aliphatic carbocycles. The molecular formula is C25H26O4. The smallest absolute Gasteiger partial charge is 0.342 e. The van der Waals surface area contributed by atoms with Gasteiger partial charge in [-0.15, -0.1) is 0 Å². The molecule has 0 saturated carbocycles. The van der Waals surface area contributed by atoms with Crippen molar-refractivity contribution in [2.24, 2.45) is 0 Å². The first-order valence-corrected chi connectivity index (χ1v) is 9.74. The van der Waals surface area contributed by atoms with E-state index in [0.29, 0.717) is 24.5 Å². The summed E-state index contributed by atoms with van der Waals surface area (Å²) < 4.78 is 17.3. The van der Waals surface area contributed by atoms with Crippen LogP contribution in [0.4, 0.5) is 0 Å². The van der Waals surface area contributed by atoms with Crippen LogP contribution in [0.15, 0.2) is 84.9 Å². The second kappa shape index (κ2) is 9.89. The lowest BCUT2D eigenvalue weighted by Crippen LogP contribution is -2.37. The van der Waals surface area contributed by atoms with Crippen molar-refractivity contribution in [3.8, 4) is 5.75 Å². The highest BCUT2D eigenvalue weighted by atomic mass is 16.6. The van der Waals surface area contributed by atoms with E-state index in [1.165, 1.54) is 0 Å². The number of hydrogen-bond donors (Lipinski definition) is 0. The fourth-order valence-corrected chi connectivity index (χ4v) is 2.95. The minimum Gasteiger partial charge on any atom is -0.489 e. The molecule has 0 aromatic heterocycles. The summed E-state index contributed by atoms with van der Waals surface area (Å²) in [5.74, 6) is 0.251. The van der Waals surface area contributed by atoms with Crippen LogP contribution in [-0.2, 0) is 33.1 Å². The van der Waals surface area contributed by atoms with Crippen LogP contribution in [0.5, 0.6) is 5.75 Å². The van der Waals surface area contributed by atoms with E-state index in [1.807, 2.05) is 84.9 Å². The number of carbonyl (C=O) groups excluding carboxylic acids is 1. The zero-order valence-electron chi connectivity index (χ0n) is 16.8. The topological polar surface area (TPSA) is 44.8 Å². The van der Waals surface area contributed by atoms with Crippen LogP contribution < -0.4 is 4.74 Å². The van der Waals surface area contributed by atoms with E-state index in [-0.39, 0.29) is 6.61 Å². The van der Waals surface area contributed by atoms with Crippen LogP contribution in [0.25, 0.3) is 0 Å². The molecule has 0 heterocycles. The van der Waals surface area contributed by atoms with Gasteiger partial charge in [0.1, 0.15) is 12.4 Å². The number of rotatable bonds is 9. The molecule has 3 aromatic carbocycles. The van der Waals surface area contributed by atoms with Crippen LogP contribution in [0, 0.1) is 0 Å². The fourth-order valence-electron chi connectivity index (χ4n) is 2.95. The van der Waals surface area contributed by atoms with Crippen LogP contribution in [0.3, 0.4) is 0 Å². The predicted octanol–water partition coefficient (Wildman–Crippen LogP) is 5.26. The Balaban J connectivity index is 1.80. The Bertz CT molecular complexity index is 908. The first-order chi connectivity index (χ1) is 14.1. The lowest BCUT2D eigenvalue weighted by molar-refractivity contribution is -0.173. The summed E-state index contributed by atoms with van der Waals surface area (Å²) in [7, 11) is 0. The Morgan fingerprint density at radius 1 is 0.828 bits per heavy atom. The standard InChI is InChI=1S/C25H26O4/c1-3-27-24(26)25(2,29-19-21-13-8-5-9-14-21)22-15-10-16-23(17-22)28-18-20-11-6-4-7-12-20/h4-17H,3,18-19H2,1-2H3. The summed E-state index contributed by atoms with van der Waals surface area (Å²) in [6.45, 7) is 4.56. The molecule has 29 heavy (non-hydrogen) atoms. The maximum Gasteiger partial charge on any atom is 0.342 e. The Kier molecular flexibility index (Phi) is 7.04. The van der Waals surface area contributed by atoms with Gasteiger partial charge in [0.25, 0.3) is 0 Å². The summed E-state index contributed by atoms with van der Waals surface area (Å²) in [5.41, 5.74) is 1.51. The van der Waals surface area contributed by atoms with Crippen molar-refractivity contribution in [1.82, 2.24) is 0 Å². The molecule has 1 unspecified atom stereocenters. The van der Waals surface area contributed by atoms with Gasteiger partial charge >= 0.3 is 5.97 Å². The van der Waals surface area contributed by atoms with Crippen molar-refractivity contribution < 1.29 is 19.0 Å². The molecule has 0 radical (unpaired) electrons. The van der Waals surface area contributed by atoms with E-state index in [9.17, 15) is 4.79 Å². The monoisotopic (exact) mass is 390 g/mol. The van der Waals surface area contributed by atoms with E-state index < -0.39 is 11.6 Å². The highest BCUT2D eigenvalue weighted by Gasteiger charge is 2.38. The molecule has 4 heteroatoms. The number of esters is 1. The molecule has 4 nitrogen and oxygen atoms in total. The van der Waals surface area contributed by atoms with Gasteiger partial charge in [-0.05, 0) is 42.7 Å². The third kappa shape index (κ3) is 5.46. The van der Waals surface area contributed by atoms with Gasteiger partial charge < -0.3 is 14.2 Å². The number of ether oxygens (including phenoxy) is 3. The number of carbonyl (C=O) groups is 1. The van der Waals surface area contributed by atoms with Crippen LogP contribution in [-0.4, -0.2) is 12.6 Å². The van der Waals surface area contributed by atoms with Gasteiger partial charge in [0, 0.05) is 0 Å². The molecule has 0 N–H and O–H groups in total. The molecular weight excluding hydrogens is 364 g/mol. The SMILES string of the molecule is CCOC(=O)C(C)(OCc1ccccc1)c1cccc(OCc2ccccc2)c1. The lowest BCUT2D eigenvalue weighted by atomic mass is 9.95. The van der Waals surface area contributed by atoms with Gasteiger partial charge in [0.2, 0.25) is 0 Å². The highest BCUT2D eigenvalue weighted by Crippen LogP contribution is 2.31. The summed E-state index contributed by atoms with van der Waals surface area (Å²) in [6.07, 6.45) is 0. The van der Waals surface area contributed by atoms with Crippen molar-refractivity contribution in [2.75, 3.05) is 6.61 Å². The molecule has 0 fully saturated rings. The number of hydrogen-bond acceptors (Lipinski definition) is 4. The predicted molar refractivity (Wildman–Crippen MR) is 112 cm³/mol. The minimum atomic E-state index is -1.24. The van der Waals surface area contributed by atoms with Crippen LogP contribution in [0.1, 0.15) is 30.5 Å². The zero-order chi connectivity index (χ0) is 20.5. The van der Waals surface area contributed by atoms with E-state index >= 15 is 0 Å². The maximum atomic E-state index is 12.8. The Morgan fingerprint density at radius 2 is 1.45 bits per heavy atom. The zero-order valence-corrected chi connectivity index (χ0v) is 16.8. The third-order valence-corrected chi connectivity index (χ3v) is 4.67. The quantitative estimate of drug-likeness (QED) is 0.468. The van der Waals surface area contributed by atoms with E-state index in [2.05, 4.69) is 0 Å². The Hall–Kier alpha value is -3.11. The lowest BCUT2D eigenvalue weighted by Gasteiger charge is -2.28. The van der Waals surface area contributed by atoms with Gasteiger partial charge in [-0.1, -0.05) is 72.8 Å². The summed E-state index contributed by atoms with van der Waals surface area (Å²) in [6, 6.07) is 27.1. The molecule has 0 amide bonds. The summed E-state index contributed by atoms with van der Waals surface area (Å²) in [4.78, 5) is 12.8. The van der Waals surface area contributed by atoms with Gasteiger partial charge in [-0.3, -0.25) is 0 Å². The normalized spacial score (nSPS) is 12.8. The largest absolute Gasteiger partial charge is 0.489 e. The molecule has 3 rings (SSSR count). The molecule has 0 aliphatic heterocycles. The second-order valence-electron chi connectivity index (χ2n) is 6.83. The van der Waals surface area contributed by atoms with E-state index in [0.717, 1.165) is 11.1 Å². The van der Waals surface area contributed by atoms with Crippen LogP contribution >= 0.6 is 0 Å². The molecule has 0 bridgehead atoms. The molecule has 0 saturated heterocycles. The molecule has 0 spiro atoms. The fraction of sp³-hybridized carbons (Fsp3) is 0.240. The average molecular weight is 390 g/mol. The molecule has 3 aromatic rings. The van der Waals surface area contributed by atoms with Crippen molar-refractivity contribution in [1.29, 1.82) is 0 Å². The Labute approximate surface area is 172 Å². The van der Waals surface area contributed by atoms with E-state index in [1.54, 1.807) is 13.8 Å². The summed E-state index contributed by atoms with van der Waals surface area (Å²) >= 11 is 0. The molecule has 0 aliphatic rings. The summed E-state index contributed by atoms with van der Waals surface area (Å²) in [5, 5.41) is 0. The van der Waals surface area contributed by atoms with Crippen molar-refractivity contribution in [2.45, 2.75) is 32.7 Å². The minimum absolute atomic E-state index is 0.285. The highest BCUT2D eigenvalue weighted by molar-refractivity contribution is 5.81. The van der Waals surface area contributed by atoms with Crippen molar-refractivity contribution in [3.05, 3.63) is 102 Å². The first-order valence-electron chi connectivity index (χ1n) is 9.74. The second-order valence-corrected chi connectivity index (χ2v) is 6.83. The third-order valence-electron chi connectivity index (χ3n) is 4.67. The first kappa shape index (κ1) is 20.6. The average Bonchev–Trinajstić information content (AvgIpc) is 2.78. The van der Waals surface area contributed by atoms with E-state index in [4.69, 9.17) is 14.2 Å². The van der Waals surface area contributed by atoms with Crippen molar-refractivity contribution >= 4 is 5.97 Å². The Morgan fingerprint density at radius 3 is 2.07 bits per heavy atom. The molecule has 1 atom stereocenters. The maximum absolute atomic E-state index is 12.8. The van der Waals surface area contributed by atoms with Gasteiger partial charge in [0.15, 0.2) is 5.60 Å². The molecule has 150 valence electrons.